The Balaban J connectivity index is 1.99. The van der Waals surface area contributed by atoms with E-state index in [0.29, 0.717) is 28.5 Å². The highest BCUT2D eigenvalue weighted by molar-refractivity contribution is 5.93. The Morgan fingerprint density at radius 3 is 2.52 bits per heavy atom. The van der Waals surface area contributed by atoms with E-state index in [1.54, 1.807) is 42.5 Å². The van der Waals surface area contributed by atoms with Crippen LogP contribution in [0, 0.1) is 0 Å². The second-order valence-electron chi connectivity index (χ2n) is 5.18. The van der Waals surface area contributed by atoms with E-state index in [1.165, 1.54) is 20.4 Å². The number of anilines is 1. The van der Waals surface area contributed by atoms with Crippen molar-refractivity contribution in [3.63, 3.8) is 0 Å². The number of hydrazone groups is 1. The number of benzene rings is 2. The predicted octanol–water partition coefficient (Wildman–Crippen LogP) is 1.72. The summed E-state index contributed by atoms with van der Waals surface area (Å²) in [5.41, 5.74) is 8.21. The first-order valence-corrected chi connectivity index (χ1v) is 7.85. The lowest BCUT2D eigenvalue weighted by Crippen LogP contribution is -2.24. The van der Waals surface area contributed by atoms with Crippen LogP contribution in [0.25, 0.3) is 0 Å². The van der Waals surface area contributed by atoms with Crippen LogP contribution in [-0.4, -0.2) is 39.0 Å². The van der Waals surface area contributed by atoms with E-state index in [4.69, 9.17) is 19.9 Å². The molecule has 0 fully saturated rings. The summed E-state index contributed by atoms with van der Waals surface area (Å²) in [6.07, 6.45) is 1.39. The number of methoxy groups -OCH3 is 2. The fourth-order valence-electron chi connectivity index (χ4n) is 2.13. The summed E-state index contributed by atoms with van der Waals surface area (Å²) >= 11 is 0. The molecule has 3 amide bonds. The molecule has 0 saturated heterocycles. The molecular formula is C18H20N4O5. The van der Waals surface area contributed by atoms with Crippen molar-refractivity contribution >= 4 is 23.8 Å². The van der Waals surface area contributed by atoms with Gasteiger partial charge in [-0.3, -0.25) is 4.79 Å². The van der Waals surface area contributed by atoms with Gasteiger partial charge in [-0.05, 0) is 35.9 Å². The Bertz CT molecular complexity index is 838. The van der Waals surface area contributed by atoms with Gasteiger partial charge >= 0.3 is 6.03 Å². The molecule has 27 heavy (non-hydrogen) atoms. The maximum Gasteiger partial charge on any atom is 0.332 e. The van der Waals surface area contributed by atoms with Crippen LogP contribution >= 0.6 is 0 Å². The summed E-state index contributed by atoms with van der Waals surface area (Å²) in [7, 11) is 3.00. The monoisotopic (exact) mass is 372 g/mol. The van der Waals surface area contributed by atoms with Crippen LogP contribution in [0.5, 0.6) is 17.2 Å². The summed E-state index contributed by atoms with van der Waals surface area (Å²) in [6.45, 7) is -0.217. The Morgan fingerprint density at radius 1 is 1.07 bits per heavy atom. The number of para-hydroxylation sites is 2. The maximum atomic E-state index is 12.1. The van der Waals surface area contributed by atoms with Crippen molar-refractivity contribution in [2.75, 3.05) is 26.1 Å². The summed E-state index contributed by atoms with van der Waals surface area (Å²) < 4.78 is 16.0. The number of nitrogens with one attached hydrogen (secondary N) is 2. The van der Waals surface area contributed by atoms with Gasteiger partial charge in [0.2, 0.25) is 0 Å². The standard InChI is InChI=1S/C18H20N4O5/c1-25-14-6-4-3-5-13(14)21-17(23)11-27-15-8-7-12(9-16(15)26-2)10-20-22-18(19)24/h3-10H,11H2,1-2H3,(H,21,23)(H3,19,22,24)/b20-10+. The minimum absolute atomic E-state index is 0.217. The molecule has 0 spiro atoms. The lowest BCUT2D eigenvalue weighted by Gasteiger charge is -2.12. The number of ether oxygens (including phenoxy) is 3. The third-order valence-corrected chi connectivity index (χ3v) is 3.32. The van der Waals surface area contributed by atoms with Gasteiger partial charge in [0, 0.05) is 0 Å². The average molecular weight is 372 g/mol. The van der Waals surface area contributed by atoms with Crippen molar-refractivity contribution < 1.29 is 23.8 Å². The van der Waals surface area contributed by atoms with E-state index in [2.05, 4.69) is 15.8 Å². The number of carbonyl (C=O) groups excluding carboxylic acids is 2. The second kappa shape index (κ2) is 9.66. The van der Waals surface area contributed by atoms with Crippen molar-refractivity contribution in [3.05, 3.63) is 48.0 Å². The normalized spacial score (nSPS) is 10.3. The molecule has 9 nitrogen and oxygen atoms in total. The summed E-state index contributed by atoms with van der Waals surface area (Å²) in [4.78, 5) is 22.7. The van der Waals surface area contributed by atoms with Crippen molar-refractivity contribution in [2.45, 2.75) is 0 Å². The molecule has 0 bridgehead atoms. The minimum Gasteiger partial charge on any atom is -0.495 e. The first kappa shape index (κ1) is 19.6. The predicted molar refractivity (Wildman–Crippen MR) is 100 cm³/mol. The highest BCUT2D eigenvalue weighted by Crippen LogP contribution is 2.28. The van der Waals surface area contributed by atoms with Gasteiger partial charge in [-0.25, -0.2) is 10.2 Å². The van der Waals surface area contributed by atoms with E-state index < -0.39 is 6.03 Å². The summed E-state index contributed by atoms with van der Waals surface area (Å²) in [6, 6.07) is 11.2. The number of rotatable bonds is 8. The van der Waals surface area contributed by atoms with E-state index in [1.807, 2.05) is 0 Å². The molecule has 142 valence electrons. The average Bonchev–Trinajstić information content (AvgIpc) is 2.67. The highest BCUT2D eigenvalue weighted by atomic mass is 16.5. The maximum absolute atomic E-state index is 12.1. The fourth-order valence-corrected chi connectivity index (χ4v) is 2.13. The zero-order chi connectivity index (χ0) is 19.6. The molecule has 0 aliphatic carbocycles. The zero-order valence-corrected chi connectivity index (χ0v) is 14.9. The van der Waals surface area contributed by atoms with Crippen molar-refractivity contribution in [1.29, 1.82) is 0 Å². The van der Waals surface area contributed by atoms with Crippen molar-refractivity contribution in [2.24, 2.45) is 10.8 Å². The number of urea groups is 1. The van der Waals surface area contributed by atoms with Crippen LogP contribution in [0.2, 0.25) is 0 Å². The van der Waals surface area contributed by atoms with Crippen LogP contribution in [-0.2, 0) is 4.79 Å². The molecule has 0 saturated carbocycles. The van der Waals surface area contributed by atoms with Gasteiger partial charge in [0.25, 0.3) is 5.91 Å². The van der Waals surface area contributed by atoms with E-state index in [9.17, 15) is 9.59 Å². The quantitative estimate of drug-likeness (QED) is 0.481. The van der Waals surface area contributed by atoms with Gasteiger partial charge in [0.05, 0.1) is 26.1 Å². The Morgan fingerprint density at radius 2 is 1.81 bits per heavy atom. The molecule has 0 aromatic heterocycles. The minimum atomic E-state index is -0.765. The number of primary amides is 1. The van der Waals surface area contributed by atoms with Gasteiger partial charge in [-0.2, -0.15) is 5.10 Å². The largest absolute Gasteiger partial charge is 0.495 e. The molecule has 9 heteroatoms. The van der Waals surface area contributed by atoms with Gasteiger partial charge in [-0.1, -0.05) is 12.1 Å². The third kappa shape index (κ3) is 5.92. The molecule has 4 N–H and O–H groups in total. The fraction of sp³-hybridized carbons (Fsp3) is 0.167. The van der Waals surface area contributed by atoms with Gasteiger partial charge in [-0.15, -0.1) is 0 Å². The third-order valence-electron chi connectivity index (χ3n) is 3.32. The topological polar surface area (TPSA) is 124 Å². The second-order valence-corrected chi connectivity index (χ2v) is 5.18. The van der Waals surface area contributed by atoms with Crippen molar-refractivity contribution in [3.8, 4) is 17.2 Å². The lowest BCUT2D eigenvalue weighted by molar-refractivity contribution is -0.118. The molecule has 2 aromatic rings. The number of carbonyl (C=O) groups is 2. The van der Waals surface area contributed by atoms with Gasteiger partial charge in [0.15, 0.2) is 18.1 Å². The lowest BCUT2D eigenvalue weighted by atomic mass is 10.2. The van der Waals surface area contributed by atoms with Crippen LogP contribution in [0.15, 0.2) is 47.6 Å². The number of amides is 3. The highest BCUT2D eigenvalue weighted by Gasteiger charge is 2.10. The van der Waals surface area contributed by atoms with Crippen molar-refractivity contribution in [1.82, 2.24) is 5.43 Å². The molecule has 0 unspecified atom stereocenters. The summed E-state index contributed by atoms with van der Waals surface area (Å²) in [5.74, 6) is 0.991. The number of nitrogens with zero attached hydrogens (tertiary/aromatic N) is 1. The summed E-state index contributed by atoms with van der Waals surface area (Å²) in [5, 5.41) is 6.38. The molecule has 0 radical (unpaired) electrons. The zero-order valence-electron chi connectivity index (χ0n) is 14.9. The molecule has 0 aliphatic heterocycles. The molecule has 0 heterocycles. The van der Waals surface area contributed by atoms with E-state index in [0.717, 1.165) is 0 Å². The van der Waals surface area contributed by atoms with Gasteiger partial charge in [0.1, 0.15) is 5.75 Å². The van der Waals surface area contributed by atoms with Crippen LogP contribution in [0.3, 0.4) is 0 Å². The smallest absolute Gasteiger partial charge is 0.332 e. The van der Waals surface area contributed by atoms with E-state index >= 15 is 0 Å². The molecule has 0 atom stereocenters. The molecule has 0 aliphatic rings. The van der Waals surface area contributed by atoms with Crippen LogP contribution in [0.4, 0.5) is 10.5 Å². The first-order valence-electron chi connectivity index (χ1n) is 7.85. The Labute approximate surface area is 156 Å². The first-order chi connectivity index (χ1) is 13.0. The molecule has 2 aromatic carbocycles. The number of hydrogen-bond acceptors (Lipinski definition) is 6. The Kier molecular flexibility index (Phi) is 7.00. The molecular weight excluding hydrogens is 352 g/mol. The van der Waals surface area contributed by atoms with Crippen LogP contribution < -0.4 is 30.7 Å². The number of nitrogens with two attached hydrogens (primary N) is 1. The number of hydrogen-bond donors (Lipinski definition) is 3. The molecule has 2 rings (SSSR count). The SMILES string of the molecule is COc1ccccc1NC(=O)COc1ccc(/C=N/NC(N)=O)cc1OC. The van der Waals surface area contributed by atoms with Gasteiger partial charge < -0.3 is 25.3 Å². The Hall–Kier alpha value is -3.75. The van der Waals surface area contributed by atoms with Crippen LogP contribution in [0.1, 0.15) is 5.56 Å². The van der Waals surface area contributed by atoms with E-state index in [-0.39, 0.29) is 12.5 Å².